The summed E-state index contributed by atoms with van der Waals surface area (Å²) in [5.74, 6) is 2.37. The summed E-state index contributed by atoms with van der Waals surface area (Å²) in [6.07, 6.45) is 3.53. The summed E-state index contributed by atoms with van der Waals surface area (Å²) in [4.78, 5) is 26.1. The second kappa shape index (κ2) is 8.87. The van der Waals surface area contributed by atoms with Gasteiger partial charge in [-0.1, -0.05) is 12.1 Å². The van der Waals surface area contributed by atoms with Gasteiger partial charge in [0.05, 0.1) is 24.6 Å². The van der Waals surface area contributed by atoms with Crippen molar-refractivity contribution in [3.05, 3.63) is 41.8 Å². The van der Waals surface area contributed by atoms with Crippen LogP contribution in [0.4, 0.5) is 10.2 Å². The zero-order chi connectivity index (χ0) is 23.2. The molecule has 1 aromatic carbocycles. The first-order valence-electron chi connectivity index (χ1n) is 11.9. The van der Waals surface area contributed by atoms with Crippen molar-refractivity contribution in [1.29, 1.82) is 0 Å². The lowest BCUT2D eigenvalue weighted by Gasteiger charge is -2.23. The van der Waals surface area contributed by atoms with Crippen LogP contribution in [0.2, 0.25) is 0 Å². The lowest BCUT2D eigenvalue weighted by Crippen LogP contribution is -2.41. The van der Waals surface area contributed by atoms with Gasteiger partial charge in [0, 0.05) is 30.6 Å². The van der Waals surface area contributed by atoms with Crippen LogP contribution in [0.1, 0.15) is 12.8 Å². The van der Waals surface area contributed by atoms with Crippen LogP contribution in [-0.4, -0.2) is 66.2 Å². The molecule has 3 fully saturated rings. The van der Waals surface area contributed by atoms with Crippen molar-refractivity contribution in [3.8, 4) is 11.1 Å². The highest BCUT2D eigenvalue weighted by Gasteiger charge is 2.56. The van der Waals surface area contributed by atoms with Crippen molar-refractivity contribution in [3.63, 3.8) is 0 Å². The van der Waals surface area contributed by atoms with Crippen LogP contribution in [-0.2, 0) is 9.53 Å². The summed E-state index contributed by atoms with van der Waals surface area (Å²) < 4.78 is 19.4. The number of benzene rings is 1. The number of aromatic nitrogens is 2. The maximum atomic E-state index is 13.4. The Hall–Kier alpha value is -2.62. The standard InChI is InChI=1S/C25H28FN5O2S/c26-16-5-3-15(4-6-16)20-13-34-25-22(20)24(28-14-29-25)31-10-17-18(11-31)19(17)12-33-9-8-30-7-1-2-21(30)23(27)32/h3-6,13-14,17-19,21H,1-2,7-12H2,(H2,27,32). The van der Waals surface area contributed by atoms with E-state index in [-0.39, 0.29) is 17.8 Å². The number of fused-ring (bicyclic) bond motifs is 2. The summed E-state index contributed by atoms with van der Waals surface area (Å²) in [5, 5.41) is 3.15. The van der Waals surface area contributed by atoms with Gasteiger partial charge < -0.3 is 15.4 Å². The molecule has 7 nitrogen and oxygen atoms in total. The monoisotopic (exact) mass is 481 g/mol. The van der Waals surface area contributed by atoms with Gasteiger partial charge in [-0.3, -0.25) is 9.69 Å². The first-order valence-corrected chi connectivity index (χ1v) is 12.8. The molecule has 3 aliphatic rings. The smallest absolute Gasteiger partial charge is 0.234 e. The molecular weight excluding hydrogens is 453 g/mol. The highest BCUT2D eigenvalue weighted by molar-refractivity contribution is 7.17. The highest BCUT2D eigenvalue weighted by atomic mass is 32.1. The van der Waals surface area contributed by atoms with Gasteiger partial charge in [-0.2, -0.15) is 0 Å². The molecule has 4 heterocycles. The molecule has 3 unspecified atom stereocenters. The van der Waals surface area contributed by atoms with Crippen LogP contribution in [0.25, 0.3) is 21.3 Å². The van der Waals surface area contributed by atoms with Gasteiger partial charge in [0.1, 0.15) is 22.8 Å². The molecule has 3 aromatic rings. The Labute approximate surface area is 201 Å². The van der Waals surface area contributed by atoms with Crippen molar-refractivity contribution in [2.45, 2.75) is 18.9 Å². The molecule has 3 atom stereocenters. The average molecular weight is 482 g/mol. The molecule has 178 valence electrons. The van der Waals surface area contributed by atoms with Crippen LogP contribution in [0, 0.1) is 23.6 Å². The number of carbonyl (C=O) groups is 1. The molecule has 2 aromatic heterocycles. The number of thiophene rings is 1. The van der Waals surface area contributed by atoms with E-state index in [9.17, 15) is 9.18 Å². The Morgan fingerprint density at radius 1 is 1.21 bits per heavy atom. The van der Waals surface area contributed by atoms with Crippen molar-refractivity contribution in [2.24, 2.45) is 23.5 Å². The third kappa shape index (κ3) is 3.95. The first-order chi connectivity index (χ1) is 16.6. The molecule has 1 aliphatic carbocycles. The Kier molecular flexibility index (Phi) is 5.71. The number of piperidine rings is 1. The topological polar surface area (TPSA) is 84.6 Å². The van der Waals surface area contributed by atoms with E-state index >= 15 is 0 Å². The summed E-state index contributed by atoms with van der Waals surface area (Å²) in [6.45, 7) is 5.06. The minimum atomic E-state index is -0.235. The molecule has 2 N–H and O–H groups in total. The molecular formula is C25H28FN5O2S. The number of amides is 1. The number of ether oxygens (including phenoxy) is 1. The summed E-state index contributed by atoms with van der Waals surface area (Å²) in [7, 11) is 0. The van der Waals surface area contributed by atoms with Gasteiger partial charge in [-0.15, -0.1) is 11.3 Å². The number of primary amides is 1. The maximum Gasteiger partial charge on any atom is 0.234 e. The van der Waals surface area contributed by atoms with Gasteiger partial charge in [-0.05, 0) is 54.8 Å². The van der Waals surface area contributed by atoms with Gasteiger partial charge in [0.2, 0.25) is 5.91 Å². The van der Waals surface area contributed by atoms with Crippen LogP contribution in [0.15, 0.2) is 36.0 Å². The molecule has 2 saturated heterocycles. The van der Waals surface area contributed by atoms with Crippen molar-refractivity contribution in [2.75, 3.05) is 44.3 Å². The number of nitrogens with two attached hydrogens (primary N) is 1. The molecule has 0 bridgehead atoms. The lowest BCUT2D eigenvalue weighted by molar-refractivity contribution is -0.122. The Balaban J connectivity index is 1.07. The van der Waals surface area contributed by atoms with E-state index in [2.05, 4.69) is 25.1 Å². The van der Waals surface area contributed by atoms with E-state index in [0.717, 1.165) is 72.8 Å². The fourth-order valence-corrected chi connectivity index (χ4v) is 6.74. The third-order valence-electron chi connectivity index (χ3n) is 7.70. The van der Waals surface area contributed by atoms with Gasteiger partial charge in [-0.25, -0.2) is 14.4 Å². The van der Waals surface area contributed by atoms with E-state index in [4.69, 9.17) is 10.5 Å². The van der Waals surface area contributed by atoms with Crippen LogP contribution in [0.5, 0.6) is 0 Å². The third-order valence-corrected chi connectivity index (χ3v) is 8.59. The molecule has 34 heavy (non-hydrogen) atoms. The Morgan fingerprint density at radius 3 is 2.76 bits per heavy atom. The predicted molar refractivity (Wildman–Crippen MR) is 130 cm³/mol. The molecule has 1 saturated carbocycles. The zero-order valence-corrected chi connectivity index (χ0v) is 19.7. The number of nitrogens with zero attached hydrogens (tertiary/aromatic N) is 4. The van der Waals surface area contributed by atoms with Crippen molar-refractivity contribution >= 4 is 33.3 Å². The van der Waals surface area contributed by atoms with Gasteiger partial charge >= 0.3 is 0 Å². The molecule has 9 heteroatoms. The molecule has 6 rings (SSSR count). The molecule has 2 aliphatic heterocycles. The van der Waals surface area contributed by atoms with Crippen LogP contribution < -0.4 is 10.6 Å². The second-order valence-electron chi connectivity index (χ2n) is 9.60. The number of carbonyl (C=O) groups excluding carboxylic acids is 1. The van der Waals surface area contributed by atoms with Gasteiger partial charge in [0.15, 0.2) is 0 Å². The van der Waals surface area contributed by atoms with Crippen LogP contribution >= 0.6 is 11.3 Å². The Bertz CT molecular complexity index is 1190. The number of hydrogen-bond acceptors (Lipinski definition) is 7. The molecule has 1 amide bonds. The van der Waals surface area contributed by atoms with E-state index in [1.165, 1.54) is 12.1 Å². The number of halogens is 1. The van der Waals surface area contributed by atoms with Gasteiger partial charge in [0.25, 0.3) is 0 Å². The second-order valence-corrected chi connectivity index (χ2v) is 10.5. The van der Waals surface area contributed by atoms with E-state index in [1.54, 1.807) is 17.7 Å². The minimum absolute atomic E-state index is 0.126. The summed E-state index contributed by atoms with van der Waals surface area (Å²) >= 11 is 1.60. The largest absolute Gasteiger partial charge is 0.380 e. The maximum absolute atomic E-state index is 13.4. The molecule has 0 radical (unpaired) electrons. The molecule has 0 spiro atoms. The van der Waals surface area contributed by atoms with E-state index < -0.39 is 0 Å². The predicted octanol–water partition coefficient (Wildman–Crippen LogP) is 3.15. The van der Waals surface area contributed by atoms with E-state index in [1.807, 2.05) is 12.1 Å². The number of anilines is 1. The highest BCUT2D eigenvalue weighted by Crippen LogP contribution is 2.53. The normalized spacial score (nSPS) is 26.3. The first kappa shape index (κ1) is 21.9. The lowest BCUT2D eigenvalue weighted by atomic mass is 10.1. The number of hydrogen-bond donors (Lipinski definition) is 1. The number of rotatable bonds is 8. The Morgan fingerprint density at radius 2 is 2.00 bits per heavy atom. The average Bonchev–Trinajstić information content (AvgIpc) is 3.31. The quantitative estimate of drug-likeness (QED) is 0.498. The van der Waals surface area contributed by atoms with Crippen molar-refractivity contribution in [1.82, 2.24) is 14.9 Å². The SMILES string of the molecule is NC(=O)C1CCCN1CCOCC1C2CN(c3ncnc4scc(-c5ccc(F)cc5)c34)CC12. The van der Waals surface area contributed by atoms with Crippen LogP contribution in [0.3, 0.4) is 0 Å². The zero-order valence-electron chi connectivity index (χ0n) is 18.9. The number of likely N-dealkylation sites (tertiary alicyclic amines) is 1. The fraction of sp³-hybridized carbons (Fsp3) is 0.480. The summed E-state index contributed by atoms with van der Waals surface area (Å²) in [5.41, 5.74) is 7.54. The fourth-order valence-electron chi connectivity index (χ4n) is 5.83. The summed E-state index contributed by atoms with van der Waals surface area (Å²) in [6, 6.07) is 6.50. The van der Waals surface area contributed by atoms with Crippen molar-refractivity contribution < 1.29 is 13.9 Å². The van der Waals surface area contributed by atoms with E-state index in [0.29, 0.717) is 24.4 Å². The minimum Gasteiger partial charge on any atom is -0.380 e.